The predicted octanol–water partition coefficient (Wildman–Crippen LogP) is 3.75. The lowest BCUT2D eigenvalue weighted by Crippen LogP contribution is -2.13. The Bertz CT molecular complexity index is 506. The fraction of sp³-hybridized carbons (Fsp3) is 0.588. The minimum Gasteiger partial charge on any atom is -0.469 e. The molecule has 3 heteroatoms. The summed E-state index contributed by atoms with van der Waals surface area (Å²) in [5.74, 6) is 2.09. The molecule has 1 aromatic rings. The van der Waals surface area contributed by atoms with E-state index in [0.717, 1.165) is 11.5 Å². The zero-order chi connectivity index (χ0) is 14.0. The molecule has 20 heavy (non-hydrogen) atoms. The highest BCUT2D eigenvalue weighted by Crippen LogP contribution is 2.51. The SMILES string of the molecule is COC(=O)CC1(CSCc2ccc3c(c2)CCC3)CC1. The molecular formula is C17H22O2S. The van der Waals surface area contributed by atoms with E-state index >= 15 is 0 Å². The van der Waals surface area contributed by atoms with Crippen molar-refractivity contribution in [3.05, 3.63) is 34.9 Å². The number of benzene rings is 1. The maximum absolute atomic E-state index is 11.4. The van der Waals surface area contributed by atoms with Crippen LogP contribution in [0.15, 0.2) is 18.2 Å². The molecule has 1 saturated carbocycles. The summed E-state index contributed by atoms with van der Waals surface area (Å²) in [7, 11) is 1.48. The molecule has 3 rings (SSSR count). The second-order valence-electron chi connectivity index (χ2n) is 6.20. The normalized spacial score (nSPS) is 18.6. The van der Waals surface area contributed by atoms with Gasteiger partial charge in [-0.3, -0.25) is 4.79 Å². The molecule has 0 N–H and O–H groups in total. The maximum atomic E-state index is 11.4. The molecule has 0 heterocycles. The number of esters is 1. The summed E-state index contributed by atoms with van der Waals surface area (Å²) < 4.78 is 4.79. The Balaban J connectivity index is 1.49. The number of carbonyl (C=O) groups is 1. The summed E-state index contributed by atoms with van der Waals surface area (Å²) in [6, 6.07) is 6.96. The number of hydrogen-bond acceptors (Lipinski definition) is 3. The first kappa shape index (κ1) is 14.0. The molecule has 0 aliphatic heterocycles. The van der Waals surface area contributed by atoms with Crippen LogP contribution in [-0.4, -0.2) is 18.8 Å². The van der Waals surface area contributed by atoms with Crippen molar-refractivity contribution in [1.29, 1.82) is 0 Å². The summed E-state index contributed by atoms with van der Waals surface area (Å²) in [4.78, 5) is 11.4. The molecule has 2 nitrogen and oxygen atoms in total. The molecule has 1 aromatic carbocycles. The molecule has 0 aromatic heterocycles. The third-order valence-corrected chi connectivity index (χ3v) is 5.90. The van der Waals surface area contributed by atoms with Crippen molar-refractivity contribution < 1.29 is 9.53 Å². The molecule has 0 spiro atoms. The van der Waals surface area contributed by atoms with Crippen molar-refractivity contribution in [3.8, 4) is 0 Å². The molecule has 0 saturated heterocycles. The summed E-state index contributed by atoms with van der Waals surface area (Å²) in [5, 5.41) is 0. The molecular weight excluding hydrogens is 268 g/mol. The second-order valence-corrected chi connectivity index (χ2v) is 7.19. The smallest absolute Gasteiger partial charge is 0.306 e. The first-order chi connectivity index (χ1) is 9.71. The Kier molecular flexibility index (Phi) is 4.06. The van der Waals surface area contributed by atoms with Crippen LogP contribution in [0.25, 0.3) is 0 Å². The monoisotopic (exact) mass is 290 g/mol. The molecule has 0 amide bonds. The Morgan fingerprint density at radius 2 is 2.10 bits per heavy atom. The zero-order valence-corrected chi connectivity index (χ0v) is 12.9. The van der Waals surface area contributed by atoms with Crippen LogP contribution in [-0.2, 0) is 28.1 Å². The van der Waals surface area contributed by atoms with Crippen molar-refractivity contribution in [2.45, 2.75) is 44.3 Å². The van der Waals surface area contributed by atoms with Crippen molar-refractivity contribution in [3.63, 3.8) is 0 Å². The van der Waals surface area contributed by atoms with E-state index in [0.29, 0.717) is 6.42 Å². The van der Waals surface area contributed by atoms with Gasteiger partial charge in [0.15, 0.2) is 0 Å². The summed E-state index contributed by atoms with van der Waals surface area (Å²) in [6.45, 7) is 0. The second kappa shape index (κ2) is 5.80. The van der Waals surface area contributed by atoms with Crippen LogP contribution in [0.2, 0.25) is 0 Å². The van der Waals surface area contributed by atoms with Gasteiger partial charge in [-0.2, -0.15) is 11.8 Å². The van der Waals surface area contributed by atoms with E-state index in [9.17, 15) is 4.79 Å². The van der Waals surface area contributed by atoms with Crippen LogP contribution in [0.3, 0.4) is 0 Å². The molecule has 2 aliphatic carbocycles. The van der Waals surface area contributed by atoms with Gasteiger partial charge in [-0.1, -0.05) is 18.2 Å². The number of hydrogen-bond donors (Lipinski definition) is 0. The average Bonchev–Trinajstić information content (AvgIpc) is 3.04. The quantitative estimate of drug-likeness (QED) is 0.746. The Labute approximate surface area is 125 Å². The lowest BCUT2D eigenvalue weighted by molar-refractivity contribution is -0.141. The predicted molar refractivity (Wildman–Crippen MR) is 82.9 cm³/mol. The molecule has 108 valence electrons. The standard InChI is InChI=1S/C17H22O2S/c1-19-16(18)10-17(7-8-17)12-20-11-13-5-6-14-3-2-4-15(14)9-13/h5-6,9H,2-4,7-8,10-12H2,1H3. The lowest BCUT2D eigenvalue weighted by Gasteiger charge is -2.13. The van der Waals surface area contributed by atoms with Crippen LogP contribution in [0, 0.1) is 5.41 Å². The zero-order valence-electron chi connectivity index (χ0n) is 12.1. The molecule has 2 aliphatic rings. The number of methoxy groups -OCH3 is 1. The lowest BCUT2D eigenvalue weighted by atomic mass is 10.1. The van der Waals surface area contributed by atoms with Crippen LogP contribution >= 0.6 is 11.8 Å². The van der Waals surface area contributed by atoms with E-state index in [4.69, 9.17) is 4.74 Å². The van der Waals surface area contributed by atoms with Crippen LogP contribution in [0.1, 0.15) is 42.4 Å². The number of rotatable bonds is 6. The van der Waals surface area contributed by atoms with Crippen molar-refractivity contribution in [2.24, 2.45) is 5.41 Å². The van der Waals surface area contributed by atoms with Gasteiger partial charge in [-0.05, 0) is 60.0 Å². The first-order valence-electron chi connectivity index (χ1n) is 7.46. The number of ether oxygens (including phenoxy) is 1. The van der Waals surface area contributed by atoms with E-state index < -0.39 is 0 Å². The molecule has 0 radical (unpaired) electrons. The van der Waals surface area contributed by atoms with E-state index in [1.54, 1.807) is 11.1 Å². The van der Waals surface area contributed by atoms with Gasteiger partial charge >= 0.3 is 5.97 Å². The van der Waals surface area contributed by atoms with E-state index in [2.05, 4.69) is 18.2 Å². The van der Waals surface area contributed by atoms with Gasteiger partial charge < -0.3 is 4.74 Å². The fourth-order valence-corrected chi connectivity index (χ4v) is 4.37. The highest BCUT2D eigenvalue weighted by atomic mass is 32.2. The highest BCUT2D eigenvalue weighted by molar-refractivity contribution is 7.98. The number of thioether (sulfide) groups is 1. The van der Waals surface area contributed by atoms with E-state index in [-0.39, 0.29) is 11.4 Å². The highest BCUT2D eigenvalue weighted by Gasteiger charge is 2.44. The van der Waals surface area contributed by atoms with Gasteiger partial charge in [-0.25, -0.2) is 0 Å². The number of aryl methyl sites for hydroxylation is 2. The molecule has 0 bridgehead atoms. The van der Waals surface area contributed by atoms with Gasteiger partial charge in [0.2, 0.25) is 0 Å². The topological polar surface area (TPSA) is 26.3 Å². The van der Waals surface area contributed by atoms with Crippen molar-refractivity contribution in [1.82, 2.24) is 0 Å². The van der Waals surface area contributed by atoms with Crippen LogP contribution < -0.4 is 0 Å². The minimum absolute atomic E-state index is 0.0550. The Morgan fingerprint density at radius 1 is 1.30 bits per heavy atom. The van der Waals surface area contributed by atoms with Gasteiger partial charge in [0.05, 0.1) is 13.5 Å². The number of carbonyl (C=O) groups excluding carboxylic acids is 1. The van der Waals surface area contributed by atoms with Gasteiger partial charge in [0, 0.05) is 5.75 Å². The largest absolute Gasteiger partial charge is 0.469 e. The fourth-order valence-electron chi connectivity index (χ4n) is 3.03. The van der Waals surface area contributed by atoms with Crippen LogP contribution in [0.4, 0.5) is 0 Å². The summed E-state index contributed by atoms with van der Waals surface area (Å²) in [5.41, 5.74) is 4.78. The molecule has 1 fully saturated rings. The van der Waals surface area contributed by atoms with Gasteiger partial charge in [-0.15, -0.1) is 0 Å². The maximum Gasteiger partial charge on any atom is 0.306 e. The summed E-state index contributed by atoms with van der Waals surface area (Å²) >= 11 is 1.97. The van der Waals surface area contributed by atoms with Gasteiger partial charge in [0.25, 0.3) is 0 Å². The number of fused-ring (bicyclic) bond motifs is 1. The minimum atomic E-state index is -0.0550. The van der Waals surface area contributed by atoms with Gasteiger partial charge in [0.1, 0.15) is 0 Å². The Morgan fingerprint density at radius 3 is 2.85 bits per heavy atom. The van der Waals surface area contributed by atoms with Crippen molar-refractivity contribution >= 4 is 17.7 Å². The third-order valence-electron chi connectivity index (χ3n) is 4.54. The van der Waals surface area contributed by atoms with Crippen molar-refractivity contribution in [2.75, 3.05) is 12.9 Å². The van der Waals surface area contributed by atoms with E-state index in [1.807, 2.05) is 11.8 Å². The average molecular weight is 290 g/mol. The van der Waals surface area contributed by atoms with E-state index in [1.165, 1.54) is 44.8 Å². The Hall–Kier alpha value is -0.960. The van der Waals surface area contributed by atoms with Crippen LogP contribution in [0.5, 0.6) is 0 Å². The molecule has 0 atom stereocenters. The molecule has 0 unspecified atom stereocenters. The third kappa shape index (κ3) is 3.20. The summed E-state index contributed by atoms with van der Waals surface area (Å²) in [6.07, 6.45) is 6.78. The first-order valence-corrected chi connectivity index (χ1v) is 8.62.